The molecular weight excluding hydrogens is 293 g/mol. The van der Waals surface area contributed by atoms with E-state index in [0.29, 0.717) is 5.75 Å². The molecule has 0 atom stereocenters. The number of phenolic OH excluding ortho intramolecular Hbond substituents is 1. The lowest BCUT2D eigenvalue weighted by molar-refractivity contribution is -0.138. The molecule has 0 amide bonds. The number of hydrogen-bond donors (Lipinski definition) is 1. The summed E-state index contributed by atoms with van der Waals surface area (Å²) in [5.74, 6) is -0.342. The third-order valence-corrected chi connectivity index (χ3v) is 3.21. The average Bonchev–Trinajstić information content (AvgIpc) is 2.39. The fourth-order valence-corrected chi connectivity index (χ4v) is 1.97. The molecule has 2 rings (SSSR count). The molecular formula is C17H17F3O2. The Morgan fingerprint density at radius 2 is 1.55 bits per heavy atom. The van der Waals surface area contributed by atoms with Gasteiger partial charge in [-0.05, 0) is 41.3 Å². The van der Waals surface area contributed by atoms with Crippen molar-refractivity contribution in [1.82, 2.24) is 0 Å². The van der Waals surface area contributed by atoms with Gasteiger partial charge in [0.2, 0.25) is 0 Å². The van der Waals surface area contributed by atoms with Gasteiger partial charge in [0.25, 0.3) is 0 Å². The first-order chi connectivity index (χ1) is 10.1. The van der Waals surface area contributed by atoms with Gasteiger partial charge in [-0.1, -0.05) is 32.9 Å². The van der Waals surface area contributed by atoms with E-state index in [-0.39, 0.29) is 11.2 Å². The molecule has 0 radical (unpaired) electrons. The van der Waals surface area contributed by atoms with Gasteiger partial charge < -0.3 is 9.84 Å². The van der Waals surface area contributed by atoms with Crippen molar-refractivity contribution in [1.29, 1.82) is 0 Å². The van der Waals surface area contributed by atoms with E-state index in [2.05, 4.69) is 0 Å². The van der Waals surface area contributed by atoms with Crippen LogP contribution >= 0.6 is 0 Å². The number of aromatic hydroxyl groups is 1. The molecule has 22 heavy (non-hydrogen) atoms. The lowest BCUT2D eigenvalue weighted by Gasteiger charge is -2.20. The van der Waals surface area contributed by atoms with Crippen molar-refractivity contribution in [3.63, 3.8) is 0 Å². The van der Waals surface area contributed by atoms with Gasteiger partial charge in [0, 0.05) is 0 Å². The number of alkyl halides is 3. The van der Waals surface area contributed by atoms with E-state index in [1.165, 1.54) is 6.07 Å². The summed E-state index contributed by atoms with van der Waals surface area (Å²) in [6.07, 6.45) is -4.63. The number of hydrogen-bond acceptors (Lipinski definition) is 2. The summed E-state index contributed by atoms with van der Waals surface area (Å²) in [7, 11) is 0. The van der Waals surface area contributed by atoms with Crippen molar-refractivity contribution < 1.29 is 23.0 Å². The number of phenols is 1. The normalized spacial score (nSPS) is 12.3. The zero-order valence-electron chi connectivity index (χ0n) is 12.5. The third kappa shape index (κ3) is 3.72. The predicted octanol–water partition coefficient (Wildman–Crippen LogP) is 5.50. The Balaban J connectivity index is 2.32. The van der Waals surface area contributed by atoms with Crippen LogP contribution in [0.4, 0.5) is 13.2 Å². The Labute approximate surface area is 127 Å². The van der Waals surface area contributed by atoms with E-state index < -0.39 is 17.5 Å². The van der Waals surface area contributed by atoms with E-state index in [4.69, 9.17) is 4.74 Å². The molecule has 2 aromatic carbocycles. The van der Waals surface area contributed by atoms with E-state index in [9.17, 15) is 18.3 Å². The molecule has 0 aliphatic heterocycles. The van der Waals surface area contributed by atoms with Gasteiger partial charge in [0.1, 0.15) is 22.8 Å². The number of ether oxygens (including phenoxy) is 1. The van der Waals surface area contributed by atoms with E-state index in [1.54, 1.807) is 18.2 Å². The molecule has 0 spiro atoms. The zero-order chi connectivity index (χ0) is 16.5. The highest BCUT2D eigenvalue weighted by Gasteiger charge is 2.34. The highest BCUT2D eigenvalue weighted by atomic mass is 19.4. The standard InChI is InChI=1S/C17H17F3O2/c1-16(2,3)11-5-4-6-12(9-11)22-13-7-8-15(21)14(10-13)17(18,19)20/h4-10,21H,1-3H3. The minimum Gasteiger partial charge on any atom is -0.507 e. The van der Waals surface area contributed by atoms with Gasteiger partial charge >= 0.3 is 6.18 Å². The molecule has 0 unspecified atom stereocenters. The molecule has 0 saturated heterocycles. The molecule has 0 bridgehead atoms. The van der Waals surface area contributed by atoms with Crippen molar-refractivity contribution in [2.75, 3.05) is 0 Å². The summed E-state index contributed by atoms with van der Waals surface area (Å²) in [6.45, 7) is 6.11. The minimum absolute atomic E-state index is 0.0242. The summed E-state index contributed by atoms with van der Waals surface area (Å²) in [5, 5.41) is 9.31. The van der Waals surface area contributed by atoms with E-state index in [0.717, 1.165) is 17.7 Å². The van der Waals surface area contributed by atoms with Gasteiger partial charge in [-0.2, -0.15) is 13.2 Å². The first-order valence-corrected chi connectivity index (χ1v) is 6.76. The van der Waals surface area contributed by atoms with Gasteiger partial charge in [-0.25, -0.2) is 0 Å². The lowest BCUT2D eigenvalue weighted by atomic mass is 9.87. The monoisotopic (exact) mass is 310 g/mol. The maximum Gasteiger partial charge on any atom is 0.420 e. The largest absolute Gasteiger partial charge is 0.507 e. The van der Waals surface area contributed by atoms with Crippen molar-refractivity contribution in [2.24, 2.45) is 0 Å². The molecule has 0 fully saturated rings. The molecule has 0 aliphatic rings. The Kier molecular flexibility index (Phi) is 4.09. The molecule has 0 aliphatic carbocycles. The Morgan fingerprint density at radius 1 is 0.909 bits per heavy atom. The summed E-state index contributed by atoms with van der Waals surface area (Å²) in [6, 6.07) is 10.3. The fourth-order valence-electron chi connectivity index (χ4n) is 1.97. The van der Waals surface area contributed by atoms with Gasteiger partial charge in [-0.3, -0.25) is 0 Å². The first-order valence-electron chi connectivity index (χ1n) is 6.76. The lowest BCUT2D eigenvalue weighted by Crippen LogP contribution is -2.10. The molecule has 118 valence electrons. The van der Waals surface area contributed by atoms with Crippen LogP contribution in [-0.4, -0.2) is 5.11 Å². The molecule has 2 nitrogen and oxygen atoms in total. The molecule has 2 aromatic rings. The van der Waals surface area contributed by atoms with Crippen LogP contribution in [0.2, 0.25) is 0 Å². The number of halogens is 3. The van der Waals surface area contributed by atoms with Crippen LogP contribution in [0.3, 0.4) is 0 Å². The highest BCUT2D eigenvalue weighted by molar-refractivity contribution is 5.43. The zero-order valence-corrected chi connectivity index (χ0v) is 12.5. The summed E-state index contributed by atoms with van der Waals surface area (Å²) < 4.78 is 43.8. The van der Waals surface area contributed by atoms with Gasteiger partial charge in [-0.15, -0.1) is 0 Å². The molecule has 1 N–H and O–H groups in total. The topological polar surface area (TPSA) is 29.5 Å². The number of benzene rings is 2. The van der Waals surface area contributed by atoms with Crippen LogP contribution in [0.5, 0.6) is 17.2 Å². The van der Waals surface area contributed by atoms with Gasteiger partial charge in [0.15, 0.2) is 0 Å². The first kappa shape index (κ1) is 16.2. The van der Waals surface area contributed by atoms with Gasteiger partial charge in [0.05, 0.1) is 0 Å². The van der Waals surface area contributed by atoms with Crippen LogP contribution in [0, 0.1) is 0 Å². The second kappa shape index (κ2) is 5.55. The fraction of sp³-hybridized carbons (Fsp3) is 0.294. The summed E-state index contributed by atoms with van der Waals surface area (Å²) in [4.78, 5) is 0. The summed E-state index contributed by atoms with van der Waals surface area (Å²) in [5.41, 5.74) is -0.192. The van der Waals surface area contributed by atoms with Crippen molar-refractivity contribution >= 4 is 0 Å². The second-order valence-electron chi connectivity index (χ2n) is 6.06. The molecule has 5 heteroatoms. The van der Waals surface area contributed by atoms with Crippen molar-refractivity contribution in [3.8, 4) is 17.2 Å². The highest BCUT2D eigenvalue weighted by Crippen LogP contribution is 2.38. The maximum atomic E-state index is 12.8. The van der Waals surface area contributed by atoms with Crippen LogP contribution in [-0.2, 0) is 11.6 Å². The second-order valence-corrected chi connectivity index (χ2v) is 6.06. The summed E-state index contributed by atoms with van der Waals surface area (Å²) >= 11 is 0. The van der Waals surface area contributed by atoms with Crippen LogP contribution in [0.15, 0.2) is 42.5 Å². The molecule has 0 aromatic heterocycles. The molecule has 0 saturated carbocycles. The predicted molar refractivity (Wildman–Crippen MR) is 78.3 cm³/mol. The quantitative estimate of drug-likeness (QED) is 0.793. The SMILES string of the molecule is CC(C)(C)c1cccc(Oc2ccc(O)c(C(F)(F)F)c2)c1. The van der Waals surface area contributed by atoms with E-state index in [1.807, 2.05) is 26.8 Å². The van der Waals surface area contributed by atoms with Crippen molar-refractivity contribution in [3.05, 3.63) is 53.6 Å². The Morgan fingerprint density at radius 3 is 2.14 bits per heavy atom. The third-order valence-electron chi connectivity index (χ3n) is 3.21. The Bertz CT molecular complexity index is 670. The smallest absolute Gasteiger partial charge is 0.420 e. The van der Waals surface area contributed by atoms with Crippen LogP contribution in [0.25, 0.3) is 0 Å². The minimum atomic E-state index is -4.63. The number of rotatable bonds is 2. The van der Waals surface area contributed by atoms with Crippen LogP contribution < -0.4 is 4.74 Å². The van der Waals surface area contributed by atoms with E-state index >= 15 is 0 Å². The maximum absolute atomic E-state index is 12.8. The average molecular weight is 310 g/mol. The molecule has 0 heterocycles. The Hall–Kier alpha value is -2.17. The van der Waals surface area contributed by atoms with Crippen LogP contribution in [0.1, 0.15) is 31.9 Å². The van der Waals surface area contributed by atoms with Crippen molar-refractivity contribution in [2.45, 2.75) is 32.4 Å².